The second kappa shape index (κ2) is 7.83. The predicted octanol–water partition coefficient (Wildman–Crippen LogP) is 5.16. The van der Waals surface area contributed by atoms with Crippen molar-refractivity contribution in [3.05, 3.63) is 50.7 Å². The van der Waals surface area contributed by atoms with E-state index in [0.29, 0.717) is 0 Å². The number of hydrogen-bond donors (Lipinski definition) is 2. The van der Waals surface area contributed by atoms with Gasteiger partial charge >= 0.3 is 0 Å². The number of hydrazone groups is 1. The number of nitrogens with one attached hydrogen (secondary N) is 1. The van der Waals surface area contributed by atoms with E-state index in [1.165, 1.54) is 4.88 Å². The lowest BCUT2D eigenvalue weighted by atomic mass is 9.92. The summed E-state index contributed by atoms with van der Waals surface area (Å²) in [6.07, 6.45) is 0. The number of thiophene rings is 1. The minimum atomic E-state index is -0.394. The Bertz CT molecular complexity index is 804. The summed E-state index contributed by atoms with van der Waals surface area (Å²) in [6.45, 7) is 12.0. The number of phenolic OH excluding ortho intramolecular Hbond substituents is 1. The molecule has 0 fully saturated rings. The molecular weight excluding hydrogens is 332 g/mol. The maximum Gasteiger partial charge on any atom is 0.275 e. The Kier molecular flexibility index (Phi) is 6.01. The highest BCUT2D eigenvalue weighted by atomic mass is 32.1. The summed E-state index contributed by atoms with van der Waals surface area (Å²) >= 11 is 1.63. The molecule has 0 aliphatic heterocycles. The van der Waals surface area contributed by atoms with Crippen LogP contribution in [0.1, 0.15) is 77.7 Å². The zero-order valence-corrected chi connectivity index (χ0v) is 16.5. The number of hydrogen-bond acceptors (Lipinski definition) is 4. The highest BCUT2D eigenvalue weighted by Gasteiger charge is 2.19. The van der Waals surface area contributed by atoms with Crippen molar-refractivity contribution in [3.63, 3.8) is 0 Å². The van der Waals surface area contributed by atoms with E-state index < -0.39 is 5.91 Å². The molecule has 0 saturated carbocycles. The van der Waals surface area contributed by atoms with Crippen LogP contribution in [-0.4, -0.2) is 16.7 Å². The lowest BCUT2D eigenvalue weighted by molar-refractivity contribution is 0.0952. The minimum absolute atomic E-state index is 0.0386. The van der Waals surface area contributed by atoms with Crippen molar-refractivity contribution in [2.45, 2.75) is 53.4 Å². The van der Waals surface area contributed by atoms with Crippen LogP contribution >= 0.6 is 11.3 Å². The minimum Gasteiger partial charge on any atom is -0.507 e. The quantitative estimate of drug-likeness (QED) is 0.572. The van der Waals surface area contributed by atoms with E-state index in [1.54, 1.807) is 17.4 Å². The van der Waals surface area contributed by atoms with Gasteiger partial charge in [-0.05, 0) is 55.0 Å². The van der Waals surface area contributed by atoms with Crippen molar-refractivity contribution in [3.8, 4) is 5.75 Å². The summed E-state index contributed by atoms with van der Waals surface area (Å²) in [5.41, 5.74) is 5.40. The van der Waals surface area contributed by atoms with Crippen LogP contribution in [0.15, 0.2) is 29.4 Å². The van der Waals surface area contributed by atoms with Crippen molar-refractivity contribution in [1.29, 1.82) is 0 Å². The Morgan fingerprint density at radius 3 is 2.36 bits per heavy atom. The molecule has 1 aromatic carbocycles. The third-order valence-corrected chi connectivity index (χ3v) is 5.23. The predicted molar refractivity (Wildman–Crippen MR) is 105 cm³/mol. The molecule has 0 aliphatic rings. The van der Waals surface area contributed by atoms with Crippen LogP contribution < -0.4 is 5.43 Å². The molecule has 1 aromatic heterocycles. The topological polar surface area (TPSA) is 61.7 Å². The van der Waals surface area contributed by atoms with Crippen LogP contribution in [0.2, 0.25) is 0 Å². The van der Waals surface area contributed by atoms with Gasteiger partial charge in [-0.3, -0.25) is 4.79 Å². The smallest absolute Gasteiger partial charge is 0.275 e. The molecule has 5 heteroatoms. The van der Waals surface area contributed by atoms with Gasteiger partial charge in [-0.2, -0.15) is 5.10 Å². The van der Waals surface area contributed by atoms with E-state index >= 15 is 0 Å². The summed E-state index contributed by atoms with van der Waals surface area (Å²) in [5, 5.41) is 14.7. The van der Waals surface area contributed by atoms with Gasteiger partial charge in [0, 0.05) is 4.88 Å². The Hall–Kier alpha value is -2.14. The fraction of sp³-hybridized carbons (Fsp3) is 0.400. The van der Waals surface area contributed by atoms with Crippen molar-refractivity contribution < 1.29 is 9.90 Å². The molecule has 2 rings (SSSR count). The third-order valence-electron chi connectivity index (χ3n) is 4.12. The average Bonchev–Trinajstić information content (AvgIpc) is 2.98. The van der Waals surface area contributed by atoms with Gasteiger partial charge in [-0.25, -0.2) is 5.43 Å². The van der Waals surface area contributed by atoms with E-state index in [2.05, 4.69) is 24.4 Å². The van der Waals surface area contributed by atoms with Crippen molar-refractivity contribution in [1.82, 2.24) is 5.43 Å². The molecule has 0 atom stereocenters. The second-order valence-corrected chi connectivity index (χ2v) is 8.15. The molecule has 1 heterocycles. The Balaban J connectivity index is 2.32. The van der Waals surface area contributed by atoms with E-state index in [-0.39, 0.29) is 23.1 Å². The molecule has 2 N–H and O–H groups in total. The first-order valence-corrected chi connectivity index (χ1v) is 9.30. The molecule has 134 valence electrons. The molecule has 25 heavy (non-hydrogen) atoms. The van der Waals surface area contributed by atoms with Gasteiger partial charge in [0.05, 0.1) is 16.2 Å². The van der Waals surface area contributed by atoms with Gasteiger partial charge < -0.3 is 5.11 Å². The average molecular weight is 359 g/mol. The first kappa shape index (κ1) is 19.2. The van der Waals surface area contributed by atoms with Crippen LogP contribution in [-0.2, 0) is 0 Å². The molecular formula is C20H26N2O2S. The van der Waals surface area contributed by atoms with Gasteiger partial charge in [0.1, 0.15) is 5.75 Å². The van der Waals surface area contributed by atoms with Crippen LogP contribution in [0.4, 0.5) is 0 Å². The number of carbonyl (C=O) groups is 1. The normalized spacial score (nSPS) is 12.1. The first-order valence-electron chi connectivity index (χ1n) is 8.49. The molecule has 0 unspecified atom stereocenters. The van der Waals surface area contributed by atoms with Crippen LogP contribution in [0, 0.1) is 6.92 Å². The number of aryl methyl sites for hydroxylation is 1. The van der Waals surface area contributed by atoms with Crippen LogP contribution in [0.25, 0.3) is 0 Å². The lowest BCUT2D eigenvalue weighted by Crippen LogP contribution is -2.20. The van der Waals surface area contributed by atoms with Crippen molar-refractivity contribution >= 4 is 23.0 Å². The number of benzene rings is 1. The molecule has 2 aromatic rings. The van der Waals surface area contributed by atoms with Gasteiger partial charge in [-0.1, -0.05) is 33.8 Å². The third kappa shape index (κ3) is 4.48. The van der Waals surface area contributed by atoms with E-state index in [1.807, 2.05) is 45.9 Å². The fourth-order valence-electron chi connectivity index (χ4n) is 2.51. The molecule has 0 aliphatic carbocycles. The number of aromatic hydroxyl groups is 1. The Morgan fingerprint density at radius 1 is 1.16 bits per heavy atom. The number of carbonyl (C=O) groups excluding carboxylic acids is 1. The van der Waals surface area contributed by atoms with Gasteiger partial charge in [0.15, 0.2) is 0 Å². The SMILES string of the molecule is C/C(=N\NC(=O)c1cc(C(C)C)cc(C(C)C)c1O)c1ccc(C)s1. The molecule has 0 bridgehead atoms. The number of rotatable bonds is 5. The molecule has 1 amide bonds. The van der Waals surface area contributed by atoms with E-state index in [0.717, 1.165) is 21.7 Å². The zero-order chi connectivity index (χ0) is 18.7. The zero-order valence-electron chi connectivity index (χ0n) is 15.7. The first-order chi connectivity index (χ1) is 11.7. The molecule has 0 saturated heterocycles. The summed E-state index contributed by atoms with van der Waals surface area (Å²) in [6, 6.07) is 7.73. The van der Waals surface area contributed by atoms with Crippen molar-refractivity contribution in [2.24, 2.45) is 5.10 Å². The summed E-state index contributed by atoms with van der Waals surface area (Å²) in [5.74, 6) is 0.0415. The Morgan fingerprint density at radius 2 is 1.84 bits per heavy atom. The van der Waals surface area contributed by atoms with Gasteiger partial charge in [0.2, 0.25) is 0 Å². The van der Waals surface area contributed by atoms with Crippen LogP contribution in [0.5, 0.6) is 5.75 Å². The highest BCUT2D eigenvalue weighted by Crippen LogP contribution is 2.33. The number of phenols is 1. The summed E-state index contributed by atoms with van der Waals surface area (Å²) in [4.78, 5) is 14.8. The van der Waals surface area contributed by atoms with E-state index in [4.69, 9.17) is 0 Å². The maximum absolute atomic E-state index is 12.6. The Labute approximate surface area is 153 Å². The lowest BCUT2D eigenvalue weighted by Gasteiger charge is -2.16. The van der Waals surface area contributed by atoms with Crippen LogP contribution in [0.3, 0.4) is 0 Å². The maximum atomic E-state index is 12.6. The second-order valence-electron chi connectivity index (χ2n) is 6.86. The standard InChI is InChI=1S/C20H26N2O2S/c1-11(2)15-9-16(12(3)4)19(23)17(10-15)20(24)22-21-14(6)18-8-7-13(5)25-18/h7-12,23H,1-6H3,(H,22,24)/b21-14+. The van der Waals surface area contributed by atoms with Crippen molar-refractivity contribution in [2.75, 3.05) is 0 Å². The summed E-state index contributed by atoms with van der Waals surface area (Å²) < 4.78 is 0. The van der Waals surface area contributed by atoms with Gasteiger partial charge in [-0.15, -0.1) is 11.3 Å². The highest BCUT2D eigenvalue weighted by molar-refractivity contribution is 7.14. The number of amides is 1. The summed E-state index contributed by atoms with van der Waals surface area (Å²) in [7, 11) is 0. The largest absolute Gasteiger partial charge is 0.507 e. The molecule has 0 spiro atoms. The monoisotopic (exact) mass is 358 g/mol. The number of nitrogens with zero attached hydrogens (tertiary/aromatic N) is 1. The van der Waals surface area contributed by atoms with E-state index in [9.17, 15) is 9.90 Å². The van der Waals surface area contributed by atoms with Gasteiger partial charge in [0.25, 0.3) is 5.91 Å². The molecule has 4 nitrogen and oxygen atoms in total. The fourth-order valence-corrected chi connectivity index (χ4v) is 3.32. The molecule has 0 radical (unpaired) electrons.